The summed E-state index contributed by atoms with van der Waals surface area (Å²) in [6.45, 7) is 0.420. The monoisotopic (exact) mass is 272 g/mol. The van der Waals surface area contributed by atoms with Crippen LogP contribution in [0, 0.1) is 0 Å². The lowest BCUT2D eigenvalue weighted by Crippen LogP contribution is -2.51. The van der Waals surface area contributed by atoms with Crippen LogP contribution in [0.25, 0.3) is 11.0 Å². The Hall–Kier alpha value is -1.88. The number of nitrogens with two attached hydrogens (primary N) is 1. The van der Waals surface area contributed by atoms with Crippen molar-refractivity contribution < 1.29 is 4.79 Å². The van der Waals surface area contributed by atoms with Gasteiger partial charge in [0.15, 0.2) is 0 Å². The Kier molecular flexibility index (Phi) is 3.22. The van der Waals surface area contributed by atoms with Crippen LogP contribution in [0.5, 0.6) is 0 Å². The fourth-order valence-corrected chi connectivity index (χ4v) is 2.92. The van der Waals surface area contributed by atoms with E-state index in [0.717, 1.165) is 42.5 Å². The molecule has 106 valence electrons. The van der Waals surface area contributed by atoms with Crippen molar-refractivity contribution in [2.45, 2.75) is 37.8 Å². The molecule has 1 amide bonds. The van der Waals surface area contributed by atoms with Gasteiger partial charge in [-0.3, -0.25) is 4.79 Å². The zero-order valence-corrected chi connectivity index (χ0v) is 11.7. The number of aryl methyl sites for hydroxylation is 1. The number of amides is 1. The standard InChI is InChI=1S/C15H20N4O/c1-19-12-7-3-2-6-11(12)18-13(19)10-17-14(20)15(16)8-4-5-9-15/h2-3,6-7H,4-5,8-10,16H2,1H3,(H,17,20). The van der Waals surface area contributed by atoms with Crippen molar-refractivity contribution in [1.29, 1.82) is 0 Å². The number of nitrogens with one attached hydrogen (secondary N) is 1. The number of nitrogens with zero attached hydrogens (tertiary/aromatic N) is 2. The molecule has 5 heteroatoms. The van der Waals surface area contributed by atoms with E-state index in [2.05, 4.69) is 10.3 Å². The van der Waals surface area contributed by atoms with Crippen molar-refractivity contribution in [3.8, 4) is 0 Å². The van der Waals surface area contributed by atoms with Gasteiger partial charge in [0.1, 0.15) is 5.82 Å². The number of aromatic nitrogens is 2. The van der Waals surface area contributed by atoms with E-state index in [1.165, 1.54) is 0 Å². The molecule has 1 heterocycles. The minimum Gasteiger partial charge on any atom is -0.347 e. The molecule has 0 radical (unpaired) electrons. The topological polar surface area (TPSA) is 72.9 Å². The molecule has 1 aromatic heterocycles. The summed E-state index contributed by atoms with van der Waals surface area (Å²) >= 11 is 0. The Morgan fingerprint density at radius 1 is 1.40 bits per heavy atom. The van der Waals surface area contributed by atoms with Crippen LogP contribution in [0.15, 0.2) is 24.3 Å². The number of rotatable bonds is 3. The van der Waals surface area contributed by atoms with Gasteiger partial charge in [-0.05, 0) is 25.0 Å². The Balaban J connectivity index is 1.74. The maximum atomic E-state index is 12.2. The lowest BCUT2D eigenvalue weighted by atomic mass is 9.98. The zero-order chi connectivity index (χ0) is 14.2. The van der Waals surface area contributed by atoms with Gasteiger partial charge in [-0.25, -0.2) is 4.98 Å². The summed E-state index contributed by atoms with van der Waals surface area (Å²) in [5.74, 6) is 0.795. The minimum absolute atomic E-state index is 0.0537. The van der Waals surface area contributed by atoms with E-state index >= 15 is 0 Å². The molecule has 0 saturated heterocycles. The zero-order valence-electron chi connectivity index (χ0n) is 11.7. The van der Waals surface area contributed by atoms with Gasteiger partial charge in [-0.2, -0.15) is 0 Å². The van der Waals surface area contributed by atoms with Gasteiger partial charge in [0.2, 0.25) is 5.91 Å². The quantitative estimate of drug-likeness (QED) is 0.888. The van der Waals surface area contributed by atoms with E-state index in [4.69, 9.17) is 5.73 Å². The summed E-state index contributed by atoms with van der Waals surface area (Å²) in [7, 11) is 1.96. The summed E-state index contributed by atoms with van der Waals surface area (Å²) in [6.07, 6.45) is 3.63. The van der Waals surface area contributed by atoms with Crippen molar-refractivity contribution in [3.63, 3.8) is 0 Å². The van der Waals surface area contributed by atoms with Gasteiger partial charge in [0.25, 0.3) is 0 Å². The molecule has 5 nitrogen and oxygen atoms in total. The number of hydrogen-bond donors (Lipinski definition) is 2. The molecule has 0 bridgehead atoms. The number of hydrogen-bond acceptors (Lipinski definition) is 3. The smallest absolute Gasteiger partial charge is 0.240 e. The summed E-state index contributed by atoms with van der Waals surface area (Å²) in [5, 5.41) is 2.94. The normalized spacial score (nSPS) is 17.5. The average molecular weight is 272 g/mol. The van der Waals surface area contributed by atoms with Gasteiger partial charge in [0, 0.05) is 7.05 Å². The van der Waals surface area contributed by atoms with Crippen LogP contribution in [0.1, 0.15) is 31.5 Å². The number of carbonyl (C=O) groups excluding carboxylic acids is 1. The molecular formula is C15H20N4O. The maximum absolute atomic E-state index is 12.2. The molecule has 3 N–H and O–H groups in total. The van der Waals surface area contributed by atoms with E-state index in [1.807, 2.05) is 35.9 Å². The van der Waals surface area contributed by atoms with Gasteiger partial charge >= 0.3 is 0 Å². The van der Waals surface area contributed by atoms with Gasteiger partial charge in [0.05, 0.1) is 23.1 Å². The van der Waals surface area contributed by atoms with E-state index < -0.39 is 5.54 Å². The maximum Gasteiger partial charge on any atom is 0.240 e. The highest BCUT2D eigenvalue weighted by Crippen LogP contribution is 2.27. The highest BCUT2D eigenvalue weighted by Gasteiger charge is 2.36. The highest BCUT2D eigenvalue weighted by atomic mass is 16.2. The third-order valence-electron chi connectivity index (χ3n) is 4.23. The summed E-state index contributed by atoms with van der Waals surface area (Å²) in [6, 6.07) is 7.95. The number of para-hydroxylation sites is 2. The van der Waals surface area contributed by atoms with Crippen molar-refractivity contribution in [1.82, 2.24) is 14.9 Å². The van der Waals surface area contributed by atoms with Crippen molar-refractivity contribution in [3.05, 3.63) is 30.1 Å². The van der Waals surface area contributed by atoms with Crippen LogP contribution in [0.3, 0.4) is 0 Å². The van der Waals surface area contributed by atoms with E-state index in [0.29, 0.717) is 6.54 Å². The molecular weight excluding hydrogens is 252 g/mol. The minimum atomic E-state index is -0.676. The second-order valence-electron chi connectivity index (χ2n) is 5.62. The number of carbonyl (C=O) groups is 1. The van der Waals surface area contributed by atoms with Crippen molar-refractivity contribution in [2.75, 3.05) is 0 Å². The molecule has 1 aliphatic carbocycles. The summed E-state index contributed by atoms with van der Waals surface area (Å²) < 4.78 is 2.01. The third-order valence-corrected chi connectivity index (χ3v) is 4.23. The van der Waals surface area contributed by atoms with Crippen LogP contribution in [-0.2, 0) is 18.4 Å². The summed E-state index contributed by atoms with van der Waals surface area (Å²) in [4.78, 5) is 16.7. The van der Waals surface area contributed by atoms with Crippen LogP contribution in [0.4, 0.5) is 0 Å². The Morgan fingerprint density at radius 2 is 2.10 bits per heavy atom. The first-order chi connectivity index (χ1) is 9.60. The van der Waals surface area contributed by atoms with Gasteiger partial charge in [-0.1, -0.05) is 25.0 Å². The molecule has 0 aliphatic heterocycles. The highest BCUT2D eigenvalue weighted by molar-refractivity contribution is 5.86. The average Bonchev–Trinajstić information content (AvgIpc) is 3.03. The third kappa shape index (κ3) is 2.18. The van der Waals surface area contributed by atoms with Crippen molar-refractivity contribution in [2.24, 2.45) is 12.8 Å². The molecule has 1 saturated carbocycles. The number of fused-ring (bicyclic) bond motifs is 1. The van der Waals surface area contributed by atoms with Crippen molar-refractivity contribution >= 4 is 16.9 Å². The molecule has 0 atom stereocenters. The second kappa shape index (κ2) is 4.90. The molecule has 1 fully saturated rings. The molecule has 20 heavy (non-hydrogen) atoms. The molecule has 3 rings (SSSR count). The predicted molar refractivity (Wildman–Crippen MR) is 77.9 cm³/mol. The molecule has 0 unspecified atom stereocenters. The molecule has 1 aromatic carbocycles. The Morgan fingerprint density at radius 3 is 2.80 bits per heavy atom. The van der Waals surface area contributed by atoms with Crippen LogP contribution >= 0.6 is 0 Å². The van der Waals surface area contributed by atoms with Crippen LogP contribution < -0.4 is 11.1 Å². The first-order valence-electron chi connectivity index (χ1n) is 7.08. The number of benzene rings is 1. The summed E-state index contributed by atoms with van der Waals surface area (Å²) in [5.41, 5.74) is 7.48. The molecule has 0 spiro atoms. The fraction of sp³-hybridized carbons (Fsp3) is 0.467. The van der Waals surface area contributed by atoms with E-state index in [9.17, 15) is 4.79 Å². The van der Waals surface area contributed by atoms with E-state index in [1.54, 1.807) is 0 Å². The van der Waals surface area contributed by atoms with Crippen LogP contribution in [0.2, 0.25) is 0 Å². The number of imidazole rings is 1. The van der Waals surface area contributed by atoms with Gasteiger partial charge in [-0.15, -0.1) is 0 Å². The van der Waals surface area contributed by atoms with E-state index in [-0.39, 0.29) is 5.91 Å². The fourth-order valence-electron chi connectivity index (χ4n) is 2.92. The first kappa shape index (κ1) is 13.1. The SMILES string of the molecule is Cn1c(CNC(=O)C2(N)CCCC2)nc2ccccc21. The predicted octanol–water partition coefficient (Wildman–Crippen LogP) is 1.46. The molecule has 1 aliphatic rings. The van der Waals surface area contributed by atoms with Gasteiger partial charge < -0.3 is 15.6 Å². The molecule has 2 aromatic rings. The lowest BCUT2D eigenvalue weighted by Gasteiger charge is -2.22. The Bertz CT molecular complexity index is 640. The Labute approximate surface area is 118 Å². The first-order valence-corrected chi connectivity index (χ1v) is 7.08. The second-order valence-corrected chi connectivity index (χ2v) is 5.62. The lowest BCUT2D eigenvalue weighted by molar-refractivity contribution is -0.126. The largest absolute Gasteiger partial charge is 0.347 e. The van der Waals surface area contributed by atoms with Crippen LogP contribution in [-0.4, -0.2) is 21.0 Å².